The Morgan fingerprint density at radius 1 is 0.524 bits per heavy atom. The van der Waals surface area contributed by atoms with Gasteiger partial charge in [0.05, 0.1) is 51.1 Å². The number of hydrogen-bond donors (Lipinski definition) is 11. The van der Waals surface area contributed by atoms with Gasteiger partial charge in [0.1, 0.15) is 6.54 Å². The molecule has 1 atom stereocenters. The van der Waals surface area contributed by atoms with Gasteiger partial charge in [0, 0.05) is 96.8 Å². The highest BCUT2D eigenvalue weighted by Crippen LogP contribution is 2.53. The Bertz CT molecular complexity index is 3730. The fourth-order valence-electron chi connectivity index (χ4n) is 9.66. The van der Waals surface area contributed by atoms with E-state index in [1.54, 1.807) is 24.5 Å². The molecule has 0 radical (unpaired) electrons. The molecule has 0 saturated heterocycles. The van der Waals surface area contributed by atoms with Crippen molar-refractivity contribution >= 4 is 107 Å². The molecule has 30 nitrogen and oxygen atoms in total. The summed E-state index contributed by atoms with van der Waals surface area (Å²) in [6.07, 6.45) is 7.47. The molecule has 0 aliphatic carbocycles. The van der Waals surface area contributed by atoms with Gasteiger partial charge in [-0.2, -0.15) is 55.1 Å². The van der Waals surface area contributed by atoms with E-state index in [0.717, 1.165) is 6.07 Å². The first kappa shape index (κ1) is 70.4. The monoisotopic (exact) mass is 1300 g/mol. The van der Waals surface area contributed by atoms with Crippen molar-refractivity contribution in [1.29, 1.82) is 0 Å². The summed E-state index contributed by atoms with van der Waals surface area (Å²) >= 11 is 0. The van der Waals surface area contributed by atoms with Crippen LogP contribution in [0, 0.1) is 0 Å². The van der Waals surface area contributed by atoms with Crippen molar-refractivity contribution in [2.75, 3.05) is 78.7 Å². The van der Waals surface area contributed by atoms with E-state index in [-0.39, 0.29) is 90.1 Å². The van der Waals surface area contributed by atoms with Crippen molar-refractivity contribution in [3.63, 3.8) is 0 Å². The molecule has 0 saturated carbocycles. The van der Waals surface area contributed by atoms with Crippen LogP contribution in [0.5, 0.6) is 0 Å². The molecule has 4 rings (SSSR count). The van der Waals surface area contributed by atoms with Crippen molar-refractivity contribution in [1.82, 2.24) is 21.3 Å². The molecule has 2 aromatic rings. The fourth-order valence-corrected chi connectivity index (χ4v) is 12.1. The van der Waals surface area contributed by atoms with Crippen molar-refractivity contribution in [2.45, 2.75) is 76.5 Å². The maximum atomic E-state index is 14.2. The third-order valence-electron chi connectivity index (χ3n) is 13.2. The number of carbonyl (C=O) groups is 5. The molecule has 1 unspecified atom stereocenters. The lowest BCUT2D eigenvalue weighted by molar-refractivity contribution is -0.438. The minimum atomic E-state index is -4.65. The summed E-state index contributed by atoms with van der Waals surface area (Å²) < 4.78 is 199. The Kier molecular flexibility index (Phi) is 23.8. The number of carboxylic acids is 1. The second-order valence-electron chi connectivity index (χ2n) is 20.2. The third-order valence-corrected chi connectivity index (χ3v) is 17.7. The smallest absolute Gasteiger partial charge is 0.303 e. The molecule has 36 heteroatoms. The number of hydrogen-bond acceptors (Lipinski definition) is 18. The van der Waals surface area contributed by atoms with Crippen LogP contribution in [-0.2, 0) is 76.3 Å². The zero-order chi connectivity index (χ0) is 63.4. The van der Waals surface area contributed by atoms with Gasteiger partial charge >= 0.3 is 5.97 Å². The lowest BCUT2D eigenvalue weighted by Crippen LogP contribution is -2.34. The van der Waals surface area contributed by atoms with Crippen LogP contribution in [0.4, 0.5) is 11.4 Å². The summed E-state index contributed by atoms with van der Waals surface area (Å²) in [7, 11) is -27.6. The zero-order valence-corrected chi connectivity index (χ0v) is 50.4. The zero-order valence-electron chi connectivity index (χ0n) is 45.5. The number of allylic oxidation sites excluding steroid dienone is 6. The summed E-state index contributed by atoms with van der Waals surface area (Å²) in [5.74, 6) is -10.2. The van der Waals surface area contributed by atoms with Gasteiger partial charge in [-0.15, -0.1) is 0 Å². The van der Waals surface area contributed by atoms with Gasteiger partial charge in [-0.1, -0.05) is 18.2 Å². The van der Waals surface area contributed by atoms with Crippen molar-refractivity contribution in [3.05, 3.63) is 93.7 Å². The molecule has 84 heavy (non-hydrogen) atoms. The van der Waals surface area contributed by atoms with Gasteiger partial charge in [-0.25, -0.2) is 0 Å². The molecular weight excluding hydrogens is 1240 g/mol. The summed E-state index contributed by atoms with van der Waals surface area (Å²) in [5.41, 5.74) is -2.53. The first-order valence-electron chi connectivity index (χ1n) is 25.4. The lowest BCUT2D eigenvalue weighted by Gasteiger charge is -2.31. The van der Waals surface area contributed by atoms with E-state index >= 15 is 0 Å². The minimum absolute atomic E-state index is 0.00146. The first-order valence-corrected chi connectivity index (χ1v) is 35.1. The molecule has 468 valence electrons. The van der Waals surface area contributed by atoms with Crippen LogP contribution >= 0.6 is 0 Å². The largest absolute Gasteiger partial charge is 0.481 e. The van der Waals surface area contributed by atoms with Crippen LogP contribution < -0.4 is 26.2 Å². The van der Waals surface area contributed by atoms with Crippen LogP contribution in [0.15, 0.2) is 60.3 Å². The number of aliphatic carboxylic acids is 1. The Morgan fingerprint density at radius 2 is 0.964 bits per heavy atom. The second-order valence-corrected chi connectivity index (χ2v) is 29.6. The van der Waals surface area contributed by atoms with Gasteiger partial charge in [0.2, 0.25) is 5.69 Å². The second kappa shape index (κ2) is 28.4. The highest BCUT2D eigenvalue weighted by molar-refractivity contribution is 7.87. The normalized spacial score (nSPS) is 17.0. The SMILES string of the molecule is CC1(C)C(C=CC=CC=C2N(CCCS(=O)(=O)O)c3cc(C(=O)NCCS(=O)(=O)O)cc(C(=O)NCCS(=O)(=O)O)c3C2(C)CCCS(=O)(=O)O)=[N+](CCCCCC(=O)O)c2cc(C(=O)NCCS(=O)(=O)O)cc(C(=O)NCCS(=O)(=O)O)c21. The van der Waals surface area contributed by atoms with E-state index in [1.807, 2.05) is 0 Å². The number of fused-ring (bicyclic) bond motifs is 2. The molecule has 0 spiro atoms. The third kappa shape index (κ3) is 21.5. The molecule has 2 aromatic carbocycles. The van der Waals surface area contributed by atoms with Gasteiger partial charge in [0.25, 0.3) is 84.3 Å². The maximum Gasteiger partial charge on any atom is 0.303 e. The number of rotatable bonds is 33. The van der Waals surface area contributed by atoms with E-state index in [1.165, 1.54) is 54.3 Å². The topological polar surface area (TPSA) is 486 Å². The molecular formula is C48H67N6O24S6+. The average Bonchev–Trinajstić information content (AvgIpc) is 3.31. The van der Waals surface area contributed by atoms with Crippen molar-refractivity contribution in [3.8, 4) is 0 Å². The van der Waals surface area contributed by atoms with Crippen molar-refractivity contribution < 1.29 is 111 Å². The predicted molar refractivity (Wildman–Crippen MR) is 305 cm³/mol. The highest BCUT2D eigenvalue weighted by Gasteiger charge is 2.49. The number of amides is 4. The quantitative estimate of drug-likeness (QED) is 0.0205. The maximum absolute atomic E-state index is 14.2. The predicted octanol–water partition coefficient (Wildman–Crippen LogP) is 0.898. The van der Waals surface area contributed by atoms with Gasteiger partial charge in [-0.05, 0) is 77.2 Å². The van der Waals surface area contributed by atoms with Crippen molar-refractivity contribution in [2.24, 2.45) is 0 Å². The minimum Gasteiger partial charge on any atom is -0.481 e. The summed E-state index contributed by atoms with van der Waals surface area (Å²) in [6.45, 7) is 2.32. The highest BCUT2D eigenvalue weighted by atomic mass is 32.2. The standard InChI is InChI=1S/C48H66N6O24S6/c1-47(2)38(53(20-9-5-8-14-40(55)56)36-30-32(43(57)49-16-24-81(67,68)69)28-34(41(36)47)45(59)51-18-26-83(73,74)75)12-6-4-7-13-39-48(3,15-10-22-79(61,62)63)42-35(46(60)52-19-27-84(76,77)78)29-33(44(58)50-17-25-82(70,71)72)31-37(42)54(39)21-11-23-80(64,65)66/h4,6-7,12-13,28-31H,5,8-11,14-27H2,1-3H3,(H10-,49,50,51,52,55,56,57,58,59,60,61,62,63,64,65,66,67,68,69,70,71,72,73,74,75,76,77,78)/p+1. The van der Waals surface area contributed by atoms with E-state index in [2.05, 4.69) is 21.3 Å². The number of benzene rings is 2. The molecule has 11 N–H and O–H groups in total. The molecule has 2 aliphatic heterocycles. The fraction of sp³-hybridized carbons (Fsp3) is 0.500. The van der Waals surface area contributed by atoms with Crippen LogP contribution in [-0.4, -0.2) is 197 Å². The van der Waals surface area contributed by atoms with Gasteiger partial charge in [0.15, 0.2) is 5.71 Å². The number of anilines is 1. The number of carbonyl (C=O) groups excluding carboxylic acids is 4. The Labute approximate surface area is 486 Å². The molecule has 4 amide bonds. The summed E-state index contributed by atoms with van der Waals surface area (Å²) in [5, 5.41) is 18.7. The van der Waals surface area contributed by atoms with Gasteiger partial charge in [-0.3, -0.25) is 51.3 Å². The van der Waals surface area contributed by atoms with Crippen LogP contribution in [0.1, 0.15) is 118 Å². The molecule has 0 fully saturated rings. The van der Waals surface area contributed by atoms with Crippen LogP contribution in [0.2, 0.25) is 0 Å². The lowest BCUT2D eigenvalue weighted by atomic mass is 9.75. The summed E-state index contributed by atoms with van der Waals surface area (Å²) in [6, 6.07) is 4.87. The molecule has 0 bridgehead atoms. The molecule has 2 aliphatic rings. The van der Waals surface area contributed by atoms with E-state index in [9.17, 15) is 107 Å². The number of nitrogens with zero attached hydrogens (tertiary/aromatic N) is 2. The van der Waals surface area contributed by atoms with Crippen LogP contribution in [0.25, 0.3) is 0 Å². The average molecular weight is 1300 g/mol. The number of carboxylic acid groups (broad SMARTS) is 1. The Hall–Kier alpha value is -6.06. The van der Waals surface area contributed by atoms with Gasteiger partial charge < -0.3 is 31.3 Å². The summed E-state index contributed by atoms with van der Waals surface area (Å²) in [4.78, 5) is 68.3. The Balaban J connectivity index is 2.01. The first-order chi connectivity index (χ1) is 38.5. The van der Waals surface area contributed by atoms with E-state index in [0.29, 0.717) is 24.1 Å². The van der Waals surface area contributed by atoms with E-state index in [4.69, 9.17) is 0 Å². The number of unbranched alkanes of at least 4 members (excludes halogenated alkanes) is 2. The molecule has 0 aromatic heterocycles. The molecule has 2 heterocycles. The van der Waals surface area contributed by atoms with Crippen LogP contribution in [0.3, 0.4) is 0 Å². The Morgan fingerprint density at radius 3 is 1.43 bits per heavy atom. The number of nitrogens with one attached hydrogen (secondary N) is 4. The van der Waals surface area contributed by atoms with E-state index < -0.39 is 162 Å².